The fraction of sp³-hybridized carbons (Fsp3) is 0.478. The Hall–Kier alpha value is -3.80. The van der Waals surface area contributed by atoms with Crippen molar-refractivity contribution in [1.29, 1.82) is 0 Å². The zero-order valence-corrected chi connectivity index (χ0v) is 19.3. The molecule has 1 N–H and O–H groups in total. The van der Waals surface area contributed by atoms with Crippen LogP contribution in [0.4, 0.5) is 0 Å². The van der Waals surface area contributed by atoms with Crippen LogP contribution in [0.15, 0.2) is 43.1 Å². The SMILES string of the molecule is O=C1N[C@H]2CN(C(=O)CCCn3cncn3)C[C@@H]2OCc2cn(nn2)CCCOc2cccc1c2. The number of hydrogen-bond acceptors (Lipinski definition) is 8. The van der Waals surface area contributed by atoms with E-state index in [9.17, 15) is 9.59 Å². The topological polar surface area (TPSA) is 129 Å². The maximum absolute atomic E-state index is 13.0. The lowest BCUT2D eigenvalue weighted by Crippen LogP contribution is -2.44. The molecule has 0 radical (unpaired) electrons. The summed E-state index contributed by atoms with van der Waals surface area (Å²) in [5.41, 5.74) is 1.20. The molecule has 1 aromatic carbocycles. The number of likely N-dealkylation sites (tertiary alicyclic amines) is 1. The summed E-state index contributed by atoms with van der Waals surface area (Å²) in [6, 6.07) is 6.75. The Kier molecular flexibility index (Phi) is 6.98. The monoisotopic (exact) mass is 480 g/mol. The molecule has 4 heterocycles. The number of carbonyl (C=O) groups excluding carboxylic acids is 2. The number of aromatic nitrogens is 6. The molecule has 0 unspecified atom stereocenters. The quantitative estimate of drug-likeness (QED) is 0.577. The normalized spacial score (nSPS) is 20.7. The lowest BCUT2D eigenvalue weighted by atomic mass is 10.1. The molecule has 0 spiro atoms. The van der Waals surface area contributed by atoms with Gasteiger partial charge >= 0.3 is 0 Å². The second-order valence-electron chi connectivity index (χ2n) is 8.69. The third kappa shape index (κ3) is 5.83. The van der Waals surface area contributed by atoms with E-state index in [-0.39, 0.29) is 30.6 Å². The summed E-state index contributed by atoms with van der Waals surface area (Å²) in [5, 5.41) is 15.5. The Labute approximate surface area is 202 Å². The molecule has 2 aliphatic heterocycles. The van der Waals surface area contributed by atoms with E-state index < -0.39 is 0 Å². The molecule has 3 aromatic rings. The van der Waals surface area contributed by atoms with Crippen LogP contribution in [0.3, 0.4) is 0 Å². The molecule has 35 heavy (non-hydrogen) atoms. The number of nitrogens with one attached hydrogen (secondary N) is 1. The number of fused-ring (bicyclic) bond motifs is 5. The Morgan fingerprint density at radius 3 is 3.09 bits per heavy atom. The highest BCUT2D eigenvalue weighted by Gasteiger charge is 2.37. The predicted molar refractivity (Wildman–Crippen MR) is 122 cm³/mol. The van der Waals surface area contributed by atoms with Crippen molar-refractivity contribution >= 4 is 11.8 Å². The minimum absolute atomic E-state index is 0.0164. The Balaban J connectivity index is 1.28. The summed E-state index contributed by atoms with van der Waals surface area (Å²) in [7, 11) is 0. The van der Waals surface area contributed by atoms with E-state index >= 15 is 0 Å². The van der Waals surface area contributed by atoms with Gasteiger partial charge in [-0.3, -0.25) is 19.0 Å². The summed E-state index contributed by atoms with van der Waals surface area (Å²) < 4.78 is 15.4. The Morgan fingerprint density at radius 1 is 1.26 bits per heavy atom. The maximum Gasteiger partial charge on any atom is 0.251 e. The van der Waals surface area contributed by atoms with Gasteiger partial charge in [-0.05, 0) is 24.6 Å². The van der Waals surface area contributed by atoms with Crippen molar-refractivity contribution in [1.82, 2.24) is 40.0 Å². The van der Waals surface area contributed by atoms with Crippen LogP contribution in [0.5, 0.6) is 5.75 Å². The van der Waals surface area contributed by atoms with Crippen LogP contribution in [0.25, 0.3) is 0 Å². The van der Waals surface area contributed by atoms with Gasteiger partial charge in [-0.15, -0.1) is 5.10 Å². The summed E-state index contributed by atoms with van der Waals surface area (Å²) in [6.45, 7) is 2.79. The molecular weight excluding hydrogens is 452 g/mol. The highest BCUT2D eigenvalue weighted by molar-refractivity contribution is 5.95. The van der Waals surface area contributed by atoms with Crippen LogP contribution >= 0.6 is 0 Å². The number of hydrogen-bond donors (Lipinski definition) is 1. The highest BCUT2D eigenvalue weighted by atomic mass is 16.5. The molecule has 4 bridgehead atoms. The first-order chi connectivity index (χ1) is 17.1. The zero-order valence-electron chi connectivity index (χ0n) is 19.3. The first-order valence-corrected chi connectivity index (χ1v) is 11.8. The van der Waals surface area contributed by atoms with E-state index in [1.54, 1.807) is 38.8 Å². The van der Waals surface area contributed by atoms with Gasteiger partial charge in [-0.25, -0.2) is 4.98 Å². The van der Waals surface area contributed by atoms with Gasteiger partial charge < -0.3 is 19.7 Å². The van der Waals surface area contributed by atoms with E-state index in [1.165, 1.54) is 6.33 Å². The van der Waals surface area contributed by atoms with Gasteiger partial charge in [-0.1, -0.05) is 11.3 Å². The molecule has 2 aliphatic rings. The van der Waals surface area contributed by atoms with Crippen molar-refractivity contribution in [2.75, 3.05) is 19.7 Å². The molecule has 1 fully saturated rings. The van der Waals surface area contributed by atoms with Gasteiger partial charge in [0.25, 0.3) is 5.91 Å². The first-order valence-electron chi connectivity index (χ1n) is 11.8. The Morgan fingerprint density at radius 2 is 2.20 bits per heavy atom. The number of rotatable bonds is 4. The largest absolute Gasteiger partial charge is 0.494 e. The van der Waals surface area contributed by atoms with E-state index in [0.717, 1.165) is 6.42 Å². The highest BCUT2D eigenvalue weighted by Crippen LogP contribution is 2.19. The van der Waals surface area contributed by atoms with Crippen LogP contribution in [0.2, 0.25) is 0 Å². The van der Waals surface area contributed by atoms with E-state index in [0.29, 0.717) is 62.6 Å². The molecule has 2 amide bonds. The minimum Gasteiger partial charge on any atom is -0.494 e. The molecule has 5 rings (SSSR count). The van der Waals surface area contributed by atoms with Gasteiger partial charge in [0.2, 0.25) is 5.91 Å². The molecule has 0 saturated carbocycles. The third-order valence-electron chi connectivity index (χ3n) is 6.11. The summed E-state index contributed by atoms with van der Waals surface area (Å²) in [5.74, 6) is 0.419. The number of amides is 2. The van der Waals surface area contributed by atoms with Crippen LogP contribution in [0.1, 0.15) is 35.3 Å². The summed E-state index contributed by atoms with van der Waals surface area (Å²) in [6.07, 6.45) is 6.37. The van der Waals surface area contributed by atoms with Crippen LogP contribution in [-0.4, -0.2) is 78.3 Å². The molecule has 12 heteroatoms. The van der Waals surface area contributed by atoms with E-state index in [2.05, 4.69) is 25.7 Å². The van der Waals surface area contributed by atoms with Gasteiger partial charge in [0.15, 0.2) is 0 Å². The zero-order chi connectivity index (χ0) is 24.0. The average Bonchev–Trinajstić information content (AvgIpc) is 3.62. The van der Waals surface area contributed by atoms with Crippen molar-refractivity contribution in [2.24, 2.45) is 0 Å². The molecule has 2 atom stereocenters. The fourth-order valence-electron chi connectivity index (χ4n) is 4.29. The maximum atomic E-state index is 13.0. The Bertz CT molecular complexity index is 1150. The smallest absolute Gasteiger partial charge is 0.251 e. The molecular formula is C23H28N8O4. The third-order valence-corrected chi connectivity index (χ3v) is 6.11. The predicted octanol–water partition coefficient (Wildman–Crippen LogP) is 0.659. The lowest BCUT2D eigenvalue weighted by molar-refractivity contribution is -0.130. The van der Waals surface area contributed by atoms with Crippen LogP contribution < -0.4 is 10.1 Å². The minimum atomic E-state index is -0.365. The average molecular weight is 481 g/mol. The number of ether oxygens (including phenoxy) is 2. The lowest BCUT2D eigenvalue weighted by Gasteiger charge is -2.20. The molecule has 0 aliphatic carbocycles. The number of benzene rings is 1. The van der Waals surface area contributed by atoms with Crippen molar-refractivity contribution in [3.8, 4) is 5.75 Å². The van der Waals surface area contributed by atoms with Crippen LogP contribution in [0, 0.1) is 0 Å². The van der Waals surface area contributed by atoms with Crippen molar-refractivity contribution in [3.63, 3.8) is 0 Å². The van der Waals surface area contributed by atoms with E-state index in [1.807, 2.05) is 12.3 Å². The molecule has 12 nitrogen and oxygen atoms in total. The van der Waals surface area contributed by atoms with Gasteiger partial charge in [-0.2, -0.15) is 5.10 Å². The number of carbonyl (C=O) groups is 2. The van der Waals surface area contributed by atoms with Crippen molar-refractivity contribution in [3.05, 3.63) is 54.4 Å². The van der Waals surface area contributed by atoms with Crippen LogP contribution in [-0.2, 0) is 29.2 Å². The molecule has 1 saturated heterocycles. The van der Waals surface area contributed by atoms with Crippen molar-refractivity contribution in [2.45, 2.75) is 51.1 Å². The summed E-state index contributed by atoms with van der Waals surface area (Å²) >= 11 is 0. The molecule has 2 aromatic heterocycles. The van der Waals surface area contributed by atoms with Crippen molar-refractivity contribution < 1.29 is 19.1 Å². The van der Waals surface area contributed by atoms with Gasteiger partial charge in [0, 0.05) is 44.6 Å². The van der Waals surface area contributed by atoms with Gasteiger partial charge in [0.1, 0.15) is 24.1 Å². The second kappa shape index (κ2) is 10.6. The standard InChI is InChI=1S/C23H28N8O4/c32-22(6-2-7-31-16-24-15-25-31)29-12-20-21(13-29)35-14-18-11-30(28-27-18)8-3-9-34-19-5-1-4-17(10-19)23(33)26-20/h1,4-5,10-11,15-16,20-21H,2-3,6-9,12-14H2,(H,26,33)/t20-,21-/m0/s1. The molecule has 184 valence electrons. The fourth-order valence-corrected chi connectivity index (χ4v) is 4.29. The first kappa shape index (κ1) is 23.0. The summed E-state index contributed by atoms with van der Waals surface area (Å²) in [4.78, 5) is 31.6. The second-order valence-corrected chi connectivity index (χ2v) is 8.69. The number of nitrogens with zero attached hydrogens (tertiary/aromatic N) is 7. The van der Waals surface area contributed by atoms with Gasteiger partial charge in [0.05, 0.1) is 31.6 Å². The number of aryl methyl sites for hydroxylation is 2. The van der Waals surface area contributed by atoms with E-state index in [4.69, 9.17) is 9.47 Å².